The number of aliphatic imine (C=N–C) groups is 1. The number of piperidine rings is 1. The number of nitrogens with one attached hydrogen (secondary N) is 2. The molecule has 8 nitrogen and oxygen atoms in total. The third kappa shape index (κ3) is 3.71. The highest BCUT2D eigenvalue weighted by molar-refractivity contribution is 6.00. The van der Waals surface area contributed by atoms with Crippen molar-refractivity contribution in [2.24, 2.45) is 10.7 Å². The van der Waals surface area contributed by atoms with Crippen LogP contribution in [0.25, 0.3) is 0 Å². The SMILES string of the molecule is CNC1=NC(N)(c2cnn([C@@H]3CCN(C4COC4)C[C@H]3F)c2)NC=C1C(F)(F)F. The van der Waals surface area contributed by atoms with E-state index in [1.165, 1.54) is 24.1 Å². The highest BCUT2D eigenvalue weighted by Gasteiger charge is 2.43. The van der Waals surface area contributed by atoms with E-state index in [0.29, 0.717) is 31.7 Å². The Morgan fingerprint density at radius 2 is 2.14 bits per heavy atom. The molecule has 1 unspecified atom stereocenters. The zero-order valence-electron chi connectivity index (χ0n) is 15.8. The Hall–Kier alpha value is -2.18. The van der Waals surface area contributed by atoms with Crippen LogP contribution < -0.4 is 16.4 Å². The highest BCUT2D eigenvalue weighted by Crippen LogP contribution is 2.32. The maximum atomic E-state index is 14.8. The summed E-state index contributed by atoms with van der Waals surface area (Å²) in [7, 11) is 1.34. The predicted molar refractivity (Wildman–Crippen MR) is 96.6 cm³/mol. The molecule has 0 radical (unpaired) electrons. The average Bonchev–Trinajstić information content (AvgIpc) is 3.10. The van der Waals surface area contributed by atoms with Gasteiger partial charge in [-0.15, -0.1) is 0 Å². The van der Waals surface area contributed by atoms with E-state index in [1.54, 1.807) is 0 Å². The Labute approximate surface area is 164 Å². The molecule has 0 amide bonds. The summed E-state index contributed by atoms with van der Waals surface area (Å²) in [5.74, 6) is -2.02. The molecule has 4 N–H and O–H groups in total. The molecule has 160 valence electrons. The first-order valence-electron chi connectivity index (χ1n) is 9.33. The van der Waals surface area contributed by atoms with Gasteiger partial charge in [-0.2, -0.15) is 18.3 Å². The summed E-state index contributed by atoms with van der Waals surface area (Å²) in [5.41, 5.74) is 5.58. The molecule has 2 fully saturated rings. The summed E-state index contributed by atoms with van der Waals surface area (Å²) in [5, 5.41) is 9.14. The second-order valence-corrected chi connectivity index (χ2v) is 7.44. The van der Waals surface area contributed by atoms with E-state index < -0.39 is 29.7 Å². The van der Waals surface area contributed by atoms with E-state index >= 15 is 0 Å². The smallest absolute Gasteiger partial charge is 0.378 e. The topological polar surface area (TPSA) is 92.7 Å². The van der Waals surface area contributed by atoms with Crippen LogP contribution >= 0.6 is 0 Å². The van der Waals surface area contributed by atoms with Crippen LogP contribution in [0.5, 0.6) is 0 Å². The van der Waals surface area contributed by atoms with Gasteiger partial charge in [-0.3, -0.25) is 15.3 Å². The zero-order valence-corrected chi connectivity index (χ0v) is 15.8. The lowest BCUT2D eigenvalue weighted by Gasteiger charge is -2.42. The summed E-state index contributed by atoms with van der Waals surface area (Å²) >= 11 is 0. The van der Waals surface area contributed by atoms with Crippen LogP contribution in [0.15, 0.2) is 29.2 Å². The van der Waals surface area contributed by atoms with Gasteiger partial charge in [-0.25, -0.2) is 9.38 Å². The van der Waals surface area contributed by atoms with E-state index in [9.17, 15) is 17.6 Å². The van der Waals surface area contributed by atoms with Gasteiger partial charge in [0.15, 0.2) is 0 Å². The summed E-state index contributed by atoms with van der Waals surface area (Å²) < 4.78 is 60.7. The minimum Gasteiger partial charge on any atom is -0.378 e. The van der Waals surface area contributed by atoms with Crippen molar-refractivity contribution in [3.05, 3.63) is 29.7 Å². The molecule has 3 aliphatic heterocycles. The number of rotatable bonds is 3. The lowest BCUT2D eigenvalue weighted by molar-refractivity contribution is -0.0872. The van der Waals surface area contributed by atoms with Crippen molar-refractivity contribution < 1.29 is 22.3 Å². The van der Waals surface area contributed by atoms with Crippen molar-refractivity contribution in [3.8, 4) is 0 Å². The van der Waals surface area contributed by atoms with Gasteiger partial charge in [0.1, 0.15) is 17.6 Å². The van der Waals surface area contributed by atoms with Crippen LogP contribution in [0.4, 0.5) is 17.6 Å². The van der Waals surface area contributed by atoms with Crippen LogP contribution in [0.1, 0.15) is 18.0 Å². The van der Waals surface area contributed by atoms with Gasteiger partial charge in [0.05, 0.1) is 37.1 Å². The highest BCUT2D eigenvalue weighted by atomic mass is 19.4. The van der Waals surface area contributed by atoms with Crippen molar-refractivity contribution in [1.82, 2.24) is 25.3 Å². The van der Waals surface area contributed by atoms with E-state index in [1.807, 2.05) is 0 Å². The Balaban J connectivity index is 1.50. The first-order chi connectivity index (χ1) is 13.7. The van der Waals surface area contributed by atoms with Crippen molar-refractivity contribution in [2.45, 2.75) is 36.6 Å². The number of hydrogen-bond acceptors (Lipinski definition) is 7. The molecule has 0 aliphatic carbocycles. The number of likely N-dealkylation sites (tertiary alicyclic amines) is 1. The number of ether oxygens (including phenoxy) is 1. The average molecular weight is 417 g/mol. The second-order valence-electron chi connectivity index (χ2n) is 7.44. The number of likely N-dealkylation sites (N-methyl/N-ethyl adjacent to an activating group) is 1. The molecule has 1 aromatic heterocycles. The molecule has 0 saturated carbocycles. The van der Waals surface area contributed by atoms with E-state index in [-0.39, 0.29) is 11.9 Å². The van der Waals surface area contributed by atoms with Crippen LogP contribution in [-0.2, 0) is 10.5 Å². The molecule has 2 saturated heterocycles. The molecular formula is C17H23F4N7O. The Kier molecular flexibility index (Phi) is 5.03. The predicted octanol–water partition coefficient (Wildman–Crippen LogP) is 0.603. The molecule has 4 rings (SSSR count). The van der Waals surface area contributed by atoms with Crippen LogP contribution in [-0.4, -0.2) is 72.3 Å². The summed E-state index contributed by atoms with van der Waals surface area (Å²) in [4.78, 5) is 6.08. The number of alkyl halides is 4. The quantitative estimate of drug-likeness (QED) is 0.624. The molecular weight excluding hydrogens is 394 g/mol. The third-order valence-corrected chi connectivity index (χ3v) is 5.58. The van der Waals surface area contributed by atoms with Crippen molar-refractivity contribution in [3.63, 3.8) is 0 Å². The van der Waals surface area contributed by atoms with Crippen molar-refractivity contribution in [1.29, 1.82) is 0 Å². The third-order valence-electron chi connectivity index (χ3n) is 5.58. The van der Waals surface area contributed by atoms with E-state index in [2.05, 4.69) is 25.6 Å². The van der Waals surface area contributed by atoms with Crippen molar-refractivity contribution >= 4 is 5.84 Å². The van der Waals surface area contributed by atoms with Gasteiger partial charge < -0.3 is 15.4 Å². The van der Waals surface area contributed by atoms with Gasteiger partial charge in [-0.05, 0) is 6.42 Å². The molecule has 12 heteroatoms. The Morgan fingerprint density at radius 1 is 1.38 bits per heavy atom. The molecule has 3 aliphatic rings. The summed E-state index contributed by atoms with van der Waals surface area (Å²) in [6.45, 7) is 2.27. The number of aromatic nitrogens is 2. The second kappa shape index (κ2) is 7.26. The maximum absolute atomic E-state index is 14.8. The molecule has 4 heterocycles. The van der Waals surface area contributed by atoms with E-state index in [0.717, 1.165) is 12.7 Å². The van der Waals surface area contributed by atoms with Gasteiger partial charge in [0.2, 0.25) is 5.79 Å². The molecule has 0 bridgehead atoms. The maximum Gasteiger partial charge on any atom is 0.421 e. The number of nitrogens with zero attached hydrogens (tertiary/aromatic N) is 4. The number of nitrogens with two attached hydrogens (primary N) is 1. The number of amidine groups is 1. The lowest BCUT2D eigenvalue weighted by atomic mass is 10.0. The lowest BCUT2D eigenvalue weighted by Crippen LogP contribution is -2.55. The molecule has 0 aromatic carbocycles. The van der Waals surface area contributed by atoms with Gasteiger partial charge in [0, 0.05) is 32.5 Å². The van der Waals surface area contributed by atoms with Crippen LogP contribution in [0, 0.1) is 0 Å². The Morgan fingerprint density at radius 3 is 2.72 bits per heavy atom. The number of hydrogen-bond donors (Lipinski definition) is 3. The normalized spacial score (nSPS) is 31.5. The number of halogens is 4. The fourth-order valence-corrected chi connectivity index (χ4v) is 3.77. The molecule has 0 spiro atoms. The van der Waals surface area contributed by atoms with Gasteiger partial charge >= 0.3 is 6.18 Å². The fourth-order valence-electron chi connectivity index (χ4n) is 3.77. The fraction of sp³-hybridized carbons (Fsp3) is 0.647. The summed E-state index contributed by atoms with van der Waals surface area (Å²) in [6.07, 6.45) is -1.43. The van der Waals surface area contributed by atoms with E-state index in [4.69, 9.17) is 10.5 Å². The zero-order chi connectivity index (χ0) is 20.8. The largest absolute Gasteiger partial charge is 0.421 e. The molecule has 29 heavy (non-hydrogen) atoms. The molecule has 1 aromatic rings. The minimum absolute atomic E-state index is 0.269. The first-order valence-corrected chi connectivity index (χ1v) is 9.33. The minimum atomic E-state index is -4.58. The standard InChI is InChI=1S/C17H23F4N7O/c1-23-15-12(16(19,20)21)5-24-17(22,26-15)10-4-25-28(6-10)14-2-3-27(7-13(14)18)11-8-29-9-11/h4-6,11,13-14,24H,2-3,7-9,22H2,1H3,(H,23,26)/t13-,14-,17?/m1/s1. The van der Waals surface area contributed by atoms with Crippen LogP contribution in [0.2, 0.25) is 0 Å². The summed E-state index contributed by atoms with van der Waals surface area (Å²) in [6, 6.07) is -0.202. The first kappa shape index (κ1) is 20.1. The molecule has 3 atom stereocenters. The van der Waals surface area contributed by atoms with Gasteiger partial charge in [0.25, 0.3) is 0 Å². The monoisotopic (exact) mass is 417 g/mol. The van der Waals surface area contributed by atoms with Crippen LogP contribution in [0.3, 0.4) is 0 Å². The Bertz CT molecular complexity index is 819. The van der Waals surface area contributed by atoms with Gasteiger partial charge in [-0.1, -0.05) is 0 Å². The van der Waals surface area contributed by atoms with Crippen molar-refractivity contribution in [2.75, 3.05) is 33.4 Å².